The minimum Gasteiger partial charge on any atom is -0.368 e. The van der Waals surface area contributed by atoms with Crippen molar-refractivity contribution in [2.24, 2.45) is 11.7 Å². The zero-order valence-electron chi connectivity index (χ0n) is 12.6. The SMILES string of the molecule is CC(C)C[C@](C)(NC(=O)[C@@H](C)c1ccccc1)C(N)=O. The number of carbonyl (C=O) groups is 2. The lowest BCUT2D eigenvalue weighted by Gasteiger charge is -2.30. The molecule has 2 amide bonds. The molecule has 0 saturated carbocycles. The Morgan fingerprint density at radius 2 is 1.75 bits per heavy atom. The Morgan fingerprint density at radius 3 is 2.20 bits per heavy atom. The molecule has 1 aromatic carbocycles. The Morgan fingerprint density at radius 1 is 1.20 bits per heavy atom. The second kappa shape index (κ2) is 6.55. The molecular weight excluding hydrogens is 252 g/mol. The molecule has 0 heterocycles. The van der Waals surface area contributed by atoms with Crippen molar-refractivity contribution < 1.29 is 9.59 Å². The van der Waals surface area contributed by atoms with Crippen LogP contribution in [0.25, 0.3) is 0 Å². The van der Waals surface area contributed by atoms with Gasteiger partial charge in [0.25, 0.3) is 0 Å². The van der Waals surface area contributed by atoms with Crippen LogP contribution in [0, 0.1) is 5.92 Å². The number of primary amides is 1. The molecule has 0 radical (unpaired) electrons. The molecule has 0 aliphatic carbocycles. The number of carbonyl (C=O) groups excluding carboxylic acids is 2. The van der Waals surface area contributed by atoms with E-state index in [4.69, 9.17) is 5.73 Å². The zero-order valence-corrected chi connectivity index (χ0v) is 12.6. The summed E-state index contributed by atoms with van der Waals surface area (Å²) in [4.78, 5) is 24.0. The average molecular weight is 276 g/mol. The summed E-state index contributed by atoms with van der Waals surface area (Å²) in [6.07, 6.45) is 0.523. The topological polar surface area (TPSA) is 72.2 Å². The summed E-state index contributed by atoms with van der Waals surface area (Å²) in [5, 5.41) is 2.81. The zero-order chi connectivity index (χ0) is 15.3. The van der Waals surface area contributed by atoms with E-state index in [9.17, 15) is 9.59 Å². The summed E-state index contributed by atoms with van der Waals surface area (Å²) in [5.41, 5.74) is 5.36. The van der Waals surface area contributed by atoms with Crippen LogP contribution in [0.15, 0.2) is 30.3 Å². The van der Waals surface area contributed by atoms with E-state index >= 15 is 0 Å². The molecule has 0 aliphatic rings. The van der Waals surface area contributed by atoms with E-state index in [-0.39, 0.29) is 17.7 Å². The van der Waals surface area contributed by atoms with Crippen LogP contribution in [0.1, 0.15) is 45.6 Å². The highest BCUT2D eigenvalue weighted by Crippen LogP contribution is 2.20. The highest BCUT2D eigenvalue weighted by molar-refractivity contribution is 5.92. The van der Waals surface area contributed by atoms with Crippen molar-refractivity contribution in [1.82, 2.24) is 5.32 Å². The average Bonchev–Trinajstić information content (AvgIpc) is 2.37. The molecule has 0 aliphatic heterocycles. The number of hydrogen-bond donors (Lipinski definition) is 2. The number of rotatable bonds is 6. The molecule has 0 aromatic heterocycles. The lowest BCUT2D eigenvalue weighted by Crippen LogP contribution is -2.56. The number of nitrogens with two attached hydrogens (primary N) is 1. The molecule has 0 fully saturated rings. The van der Waals surface area contributed by atoms with Gasteiger partial charge in [-0.25, -0.2) is 0 Å². The fraction of sp³-hybridized carbons (Fsp3) is 0.500. The second-order valence-electron chi connectivity index (χ2n) is 5.92. The van der Waals surface area contributed by atoms with Crippen molar-refractivity contribution in [2.75, 3.05) is 0 Å². The van der Waals surface area contributed by atoms with Gasteiger partial charge in [-0.2, -0.15) is 0 Å². The van der Waals surface area contributed by atoms with Crippen molar-refractivity contribution in [1.29, 1.82) is 0 Å². The molecule has 20 heavy (non-hydrogen) atoms. The highest BCUT2D eigenvalue weighted by Gasteiger charge is 2.34. The second-order valence-corrected chi connectivity index (χ2v) is 5.92. The number of benzene rings is 1. The first-order chi connectivity index (χ1) is 9.26. The van der Waals surface area contributed by atoms with Gasteiger partial charge >= 0.3 is 0 Å². The molecule has 3 N–H and O–H groups in total. The van der Waals surface area contributed by atoms with E-state index in [1.54, 1.807) is 6.92 Å². The van der Waals surface area contributed by atoms with Crippen molar-refractivity contribution in [3.05, 3.63) is 35.9 Å². The van der Waals surface area contributed by atoms with E-state index in [2.05, 4.69) is 5.32 Å². The molecule has 4 heteroatoms. The number of nitrogens with one attached hydrogen (secondary N) is 1. The fourth-order valence-corrected chi connectivity index (χ4v) is 2.30. The summed E-state index contributed by atoms with van der Waals surface area (Å²) >= 11 is 0. The third kappa shape index (κ3) is 4.08. The van der Waals surface area contributed by atoms with Crippen molar-refractivity contribution >= 4 is 11.8 Å². The largest absolute Gasteiger partial charge is 0.368 e. The maximum absolute atomic E-state index is 12.3. The quantitative estimate of drug-likeness (QED) is 0.836. The summed E-state index contributed by atoms with van der Waals surface area (Å²) in [6, 6.07) is 9.48. The Hall–Kier alpha value is -1.84. The molecule has 1 rings (SSSR count). The van der Waals surface area contributed by atoms with Gasteiger partial charge in [0.1, 0.15) is 5.54 Å². The number of hydrogen-bond acceptors (Lipinski definition) is 2. The van der Waals surface area contributed by atoms with Crippen LogP contribution >= 0.6 is 0 Å². The third-order valence-electron chi connectivity index (χ3n) is 3.45. The molecule has 110 valence electrons. The van der Waals surface area contributed by atoms with Crippen LogP contribution in [0.2, 0.25) is 0 Å². The first-order valence-corrected chi connectivity index (χ1v) is 6.93. The van der Waals surface area contributed by atoms with Crippen LogP contribution in [-0.4, -0.2) is 17.4 Å². The lowest BCUT2D eigenvalue weighted by molar-refractivity contribution is -0.132. The van der Waals surface area contributed by atoms with Gasteiger partial charge in [-0.1, -0.05) is 44.2 Å². The predicted octanol–water partition coefficient (Wildman–Crippen LogP) is 2.20. The standard InChI is InChI=1S/C16H24N2O2/c1-11(2)10-16(4,15(17)20)18-14(19)12(3)13-8-6-5-7-9-13/h5-9,11-12H,10H2,1-4H3,(H2,17,20)(H,18,19)/t12-,16-/m0/s1. The van der Waals surface area contributed by atoms with Gasteiger partial charge in [0, 0.05) is 0 Å². The molecule has 0 unspecified atom stereocenters. The van der Waals surface area contributed by atoms with E-state index in [1.165, 1.54) is 0 Å². The Kier molecular flexibility index (Phi) is 5.31. The Balaban J connectivity index is 2.84. The van der Waals surface area contributed by atoms with Crippen molar-refractivity contribution in [2.45, 2.75) is 45.6 Å². The third-order valence-corrected chi connectivity index (χ3v) is 3.45. The summed E-state index contributed by atoms with van der Waals surface area (Å²) in [5.74, 6) is -0.736. The van der Waals surface area contributed by atoms with Crippen LogP contribution in [-0.2, 0) is 9.59 Å². The molecular formula is C16H24N2O2. The van der Waals surface area contributed by atoms with E-state index in [1.807, 2.05) is 51.1 Å². The van der Waals surface area contributed by atoms with Crippen molar-refractivity contribution in [3.8, 4) is 0 Å². The van der Waals surface area contributed by atoms with Crippen LogP contribution in [0.3, 0.4) is 0 Å². The summed E-state index contributed by atoms with van der Waals surface area (Å²) < 4.78 is 0. The van der Waals surface area contributed by atoms with Gasteiger partial charge in [-0.3, -0.25) is 9.59 Å². The highest BCUT2D eigenvalue weighted by atomic mass is 16.2. The van der Waals surface area contributed by atoms with Gasteiger partial charge in [-0.05, 0) is 31.7 Å². The summed E-state index contributed by atoms with van der Waals surface area (Å²) in [7, 11) is 0. The van der Waals surface area contributed by atoms with Crippen LogP contribution < -0.4 is 11.1 Å². The molecule has 0 bridgehead atoms. The fourth-order valence-electron chi connectivity index (χ4n) is 2.30. The van der Waals surface area contributed by atoms with Crippen LogP contribution in [0.5, 0.6) is 0 Å². The van der Waals surface area contributed by atoms with Gasteiger partial charge in [0.2, 0.25) is 11.8 Å². The minimum absolute atomic E-state index is 0.182. The van der Waals surface area contributed by atoms with Gasteiger partial charge < -0.3 is 11.1 Å². The molecule has 2 atom stereocenters. The maximum Gasteiger partial charge on any atom is 0.242 e. The molecule has 0 saturated heterocycles. The summed E-state index contributed by atoms with van der Waals surface area (Å²) in [6.45, 7) is 7.49. The minimum atomic E-state index is -1.01. The van der Waals surface area contributed by atoms with Crippen LogP contribution in [0.4, 0.5) is 0 Å². The lowest BCUT2D eigenvalue weighted by atomic mass is 9.88. The van der Waals surface area contributed by atoms with E-state index < -0.39 is 11.4 Å². The molecule has 0 spiro atoms. The predicted molar refractivity (Wildman–Crippen MR) is 80.1 cm³/mol. The first-order valence-electron chi connectivity index (χ1n) is 6.93. The molecule has 4 nitrogen and oxygen atoms in total. The van der Waals surface area contributed by atoms with Gasteiger partial charge in [-0.15, -0.1) is 0 Å². The maximum atomic E-state index is 12.3. The van der Waals surface area contributed by atoms with Gasteiger partial charge in [0.15, 0.2) is 0 Å². The van der Waals surface area contributed by atoms with Crippen molar-refractivity contribution in [3.63, 3.8) is 0 Å². The van der Waals surface area contributed by atoms with Gasteiger partial charge in [0.05, 0.1) is 5.92 Å². The Labute approximate surface area is 120 Å². The smallest absolute Gasteiger partial charge is 0.242 e. The Bertz CT molecular complexity index is 471. The first kappa shape index (κ1) is 16.2. The van der Waals surface area contributed by atoms with E-state index in [0.717, 1.165) is 5.56 Å². The number of amides is 2. The monoisotopic (exact) mass is 276 g/mol. The molecule has 1 aromatic rings. The van der Waals surface area contributed by atoms with E-state index in [0.29, 0.717) is 6.42 Å². The normalized spacial score (nSPS) is 15.4.